The van der Waals surface area contributed by atoms with E-state index in [9.17, 15) is 18.0 Å². The molecule has 3 nitrogen and oxygen atoms in total. The second kappa shape index (κ2) is 9.48. The zero-order valence-corrected chi connectivity index (χ0v) is 18.3. The van der Waals surface area contributed by atoms with Gasteiger partial charge in [0.1, 0.15) is 0 Å². The number of alkyl halides is 3. The van der Waals surface area contributed by atoms with Crippen LogP contribution in [0.1, 0.15) is 24.8 Å². The molecule has 1 aromatic carbocycles. The van der Waals surface area contributed by atoms with Gasteiger partial charge in [0.05, 0.1) is 5.56 Å². The molecule has 0 amide bonds. The van der Waals surface area contributed by atoms with Gasteiger partial charge in [-0.25, -0.2) is 0 Å². The van der Waals surface area contributed by atoms with Gasteiger partial charge in [0.25, 0.3) is 0 Å². The second-order valence-electron chi connectivity index (χ2n) is 6.71. The van der Waals surface area contributed by atoms with E-state index in [-0.39, 0.29) is 0 Å². The first kappa shape index (κ1) is 20.9. The summed E-state index contributed by atoms with van der Waals surface area (Å²) in [6, 6.07) is 8.24. The number of hydrogen-bond acceptors (Lipinski definition) is 2. The van der Waals surface area contributed by atoms with Gasteiger partial charge in [0, 0.05) is 6.07 Å². The maximum atomic E-state index is 12.8. The van der Waals surface area contributed by atoms with Gasteiger partial charge in [-0.15, -0.1) is 0 Å². The standard InChI is InChI=1S/C17H17F3NO2.2CH3.Sn.H/c1-2-3-4-11-23-15-8-6-14(7-9-15)21-12-13(17(18,19)20)5-10-16(21)22;;;;/h5-10,12H,1-4,11H2;2*1H3;;. The van der Waals surface area contributed by atoms with Crippen molar-refractivity contribution in [3.63, 3.8) is 0 Å². The third kappa shape index (κ3) is 6.37. The number of benzene rings is 1. The van der Waals surface area contributed by atoms with Crippen LogP contribution in [0, 0.1) is 0 Å². The Morgan fingerprint density at radius 3 is 2.31 bits per heavy atom. The van der Waals surface area contributed by atoms with Crippen LogP contribution in [0.3, 0.4) is 0 Å². The summed E-state index contributed by atoms with van der Waals surface area (Å²) in [5, 5.41) is 0. The summed E-state index contributed by atoms with van der Waals surface area (Å²) in [6.07, 6.45) is -0.246. The Bertz CT molecular complexity index is 755. The van der Waals surface area contributed by atoms with Crippen molar-refractivity contribution in [2.45, 2.75) is 39.8 Å². The van der Waals surface area contributed by atoms with Crippen LogP contribution in [0.4, 0.5) is 13.2 Å². The number of pyridine rings is 1. The maximum absolute atomic E-state index is 12.8. The van der Waals surface area contributed by atoms with Gasteiger partial charge >= 0.3 is 123 Å². The van der Waals surface area contributed by atoms with Crippen molar-refractivity contribution in [1.82, 2.24) is 4.57 Å². The summed E-state index contributed by atoms with van der Waals surface area (Å²) < 4.78 is 46.5. The Kier molecular flexibility index (Phi) is 7.61. The molecule has 0 fully saturated rings. The third-order valence-electron chi connectivity index (χ3n) is 4.05. The van der Waals surface area contributed by atoms with E-state index in [4.69, 9.17) is 4.74 Å². The SMILES string of the molecule is [CH3][SnH]([CH3])[CH2]CCCCOc1ccc(-n2cc(C(F)(F)F)ccc2=O)cc1. The molecule has 0 aliphatic rings. The fraction of sp³-hybridized carbons (Fsp3) is 0.421. The molecule has 26 heavy (non-hydrogen) atoms. The number of nitrogens with zero attached hydrogens (tertiary/aromatic N) is 1. The van der Waals surface area contributed by atoms with E-state index in [1.54, 1.807) is 24.3 Å². The zero-order valence-electron chi connectivity index (χ0n) is 15.1. The minimum absolute atomic E-state index is 0.373. The molecule has 0 radical (unpaired) electrons. The van der Waals surface area contributed by atoms with Crippen molar-refractivity contribution in [2.75, 3.05) is 6.61 Å². The van der Waals surface area contributed by atoms with Crippen LogP contribution >= 0.6 is 0 Å². The van der Waals surface area contributed by atoms with Gasteiger partial charge in [0.2, 0.25) is 0 Å². The van der Waals surface area contributed by atoms with Gasteiger partial charge in [-0.3, -0.25) is 4.79 Å². The molecule has 2 rings (SSSR count). The summed E-state index contributed by atoms with van der Waals surface area (Å²) in [5.74, 6) is 0.650. The number of rotatable bonds is 8. The Morgan fingerprint density at radius 2 is 1.69 bits per heavy atom. The van der Waals surface area contributed by atoms with Crippen LogP contribution in [0.25, 0.3) is 5.69 Å². The topological polar surface area (TPSA) is 31.2 Å². The number of halogens is 3. The van der Waals surface area contributed by atoms with E-state index in [2.05, 4.69) is 9.88 Å². The molecule has 0 saturated carbocycles. The van der Waals surface area contributed by atoms with E-state index >= 15 is 0 Å². The average Bonchev–Trinajstić information content (AvgIpc) is 2.58. The molecule has 0 aliphatic heterocycles. The average molecular weight is 474 g/mol. The first-order valence-electron chi connectivity index (χ1n) is 8.80. The first-order valence-corrected chi connectivity index (χ1v) is 17.7. The van der Waals surface area contributed by atoms with E-state index in [0.717, 1.165) is 35.7 Å². The van der Waals surface area contributed by atoms with E-state index in [0.29, 0.717) is 18.0 Å². The predicted octanol–water partition coefficient (Wildman–Crippen LogP) is 4.89. The van der Waals surface area contributed by atoms with Gasteiger partial charge in [0.15, 0.2) is 0 Å². The number of ether oxygens (including phenoxy) is 1. The molecule has 2 aromatic rings. The Morgan fingerprint density at radius 1 is 1.00 bits per heavy atom. The Hall–Kier alpha value is -1.44. The van der Waals surface area contributed by atoms with Gasteiger partial charge in [-0.1, -0.05) is 0 Å². The summed E-state index contributed by atoms with van der Waals surface area (Å²) in [6.45, 7) is 0.621. The van der Waals surface area contributed by atoms with Crippen LogP contribution in [-0.2, 0) is 6.18 Å². The summed E-state index contributed by atoms with van der Waals surface area (Å²) >= 11 is -1.08. The molecule has 0 aliphatic carbocycles. The molecule has 142 valence electrons. The summed E-state index contributed by atoms with van der Waals surface area (Å²) in [7, 11) is 0. The van der Waals surface area contributed by atoms with Crippen LogP contribution in [-0.4, -0.2) is 30.9 Å². The number of hydrogen-bond donors (Lipinski definition) is 0. The summed E-state index contributed by atoms with van der Waals surface area (Å²) in [5.41, 5.74) is -0.997. The zero-order chi connectivity index (χ0) is 19.2. The summed E-state index contributed by atoms with van der Waals surface area (Å²) in [4.78, 5) is 16.7. The molecular formula is C19H24F3NO2Sn. The molecule has 0 saturated heterocycles. The molecule has 0 N–H and O–H groups in total. The minimum atomic E-state index is -4.49. The van der Waals surface area contributed by atoms with Crippen LogP contribution in [0.5, 0.6) is 5.75 Å². The Labute approximate surface area is 158 Å². The molecule has 0 atom stereocenters. The van der Waals surface area contributed by atoms with Crippen molar-refractivity contribution in [3.05, 3.63) is 58.5 Å². The number of unbranched alkanes of at least 4 members (excludes halogenated alkanes) is 2. The third-order valence-corrected chi connectivity index (χ3v) is 8.51. The fourth-order valence-electron chi connectivity index (χ4n) is 2.58. The Balaban J connectivity index is 1.96. The van der Waals surface area contributed by atoms with E-state index < -0.39 is 37.1 Å². The normalized spacial score (nSPS) is 11.8. The molecule has 0 unspecified atom stereocenters. The molecule has 7 heteroatoms. The molecule has 0 spiro atoms. The van der Waals surface area contributed by atoms with Gasteiger partial charge < -0.3 is 0 Å². The first-order chi connectivity index (χ1) is 12.3. The van der Waals surface area contributed by atoms with Gasteiger partial charge in [-0.2, -0.15) is 13.2 Å². The molecule has 1 heterocycles. The quantitative estimate of drug-likeness (QED) is 0.403. The monoisotopic (exact) mass is 475 g/mol. The van der Waals surface area contributed by atoms with Crippen LogP contribution in [0.15, 0.2) is 47.4 Å². The van der Waals surface area contributed by atoms with Crippen LogP contribution < -0.4 is 10.3 Å². The molecule has 1 aromatic heterocycles. The van der Waals surface area contributed by atoms with Crippen molar-refractivity contribution < 1.29 is 17.9 Å². The number of aromatic nitrogens is 1. The van der Waals surface area contributed by atoms with Crippen molar-refractivity contribution in [1.29, 1.82) is 0 Å². The fourth-order valence-corrected chi connectivity index (χ4v) is 5.74. The van der Waals surface area contributed by atoms with Crippen LogP contribution in [0.2, 0.25) is 14.3 Å². The van der Waals surface area contributed by atoms with Crippen molar-refractivity contribution >= 4 is 19.8 Å². The second-order valence-corrected chi connectivity index (χ2v) is 16.3. The predicted molar refractivity (Wildman–Crippen MR) is 100 cm³/mol. The van der Waals surface area contributed by atoms with E-state index in [1.165, 1.54) is 10.9 Å². The van der Waals surface area contributed by atoms with Crippen molar-refractivity contribution in [3.8, 4) is 11.4 Å². The molecular weight excluding hydrogens is 450 g/mol. The molecule has 0 bridgehead atoms. The van der Waals surface area contributed by atoms with Gasteiger partial charge in [-0.05, 0) is 6.07 Å². The van der Waals surface area contributed by atoms with E-state index in [1.807, 2.05) is 0 Å². The van der Waals surface area contributed by atoms with Crippen molar-refractivity contribution in [2.24, 2.45) is 0 Å².